The van der Waals surface area contributed by atoms with Crippen molar-refractivity contribution in [3.05, 3.63) is 23.9 Å². The van der Waals surface area contributed by atoms with E-state index < -0.39 is 11.6 Å². The maximum Gasteiger partial charge on any atom is 0.250 e. The van der Waals surface area contributed by atoms with Crippen LogP contribution in [0.4, 0.5) is 8.78 Å². The highest BCUT2D eigenvalue weighted by molar-refractivity contribution is 5.13. The normalized spacial score (nSPS) is 10.1. The number of hydrogen-bond donors (Lipinski definition) is 1. The van der Waals surface area contributed by atoms with E-state index in [0.717, 1.165) is 12.3 Å². The molecule has 0 aliphatic carbocycles. The van der Waals surface area contributed by atoms with Crippen LogP contribution in [0.1, 0.15) is 0 Å². The molecule has 13 heavy (non-hydrogen) atoms. The predicted molar refractivity (Wildman–Crippen MR) is 43.6 cm³/mol. The zero-order valence-corrected chi connectivity index (χ0v) is 7.18. The van der Waals surface area contributed by atoms with Gasteiger partial charge in [-0.1, -0.05) is 0 Å². The van der Waals surface area contributed by atoms with Gasteiger partial charge in [-0.3, -0.25) is 0 Å². The quantitative estimate of drug-likeness (QED) is 0.714. The Balaban J connectivity index is 2.56. The molecular weight excluding hydrogens is 178 g/mol. The van der Waals surface area contributed by atoms with Gasteiger partial charge in [0.05, 0.1) is 6.20 Å². The number of rotatable bonds is 4. The maximum absolute atomic E-state index is 12.8. The van der Waals surface area contributed by atoms with Crippen LogP contribution in [-0.4, -0.2) is 25.2 Å². The van der Waals surface area contributed by atoms with Crippen molar-refractivity contribution in [2.45, 2.75) is 0 Å². The summed E-state index contributed by atoms with van der Waals surface area (Å²) in [6, 6.07) is 0.738. The Kier molecular flexibility index (Phi) is 3.57. The van der Waals surface area contributed by atoms with Gasteiger partial charge in [-0.05, 0) is 7.05 Å². The molecule has 0 aliphatic rings. The fourth-order valence-corrected chi connectivity index (χ4v) is 0.758. The van der Waals surface area contributed by atoms with E-state index in [-0.39, 0.29) is 5.88 Å². The topological polar surface area (TPSA) is 34.1 Å². The summed E-state index contributed by atoms with van der Waals surface area (Å²) in [6.45, 7) is 0.880. The highest BCUT2D eigenvalue weighted by Gasteiger charge is 2.05. The smallest absolute Gasteiger partial charge is 0.250 e. The Morgan fingerprint density at radius 1 is 1.54 bits per heavy atom. The van der Waals surface area contributed by atoms with Gasteiger partial charge in [-0.2, -0.15) is 0 Å². The number of nitrogens with one attached hydrogen (secondary N) is 1. The number of ether oxygens (including phenoxy) is 1. The van der Waals surface area contributed by atoms with E-state index in [1.165, 1.54) is 0 Å². The third-order valence-corrected chi connectivity index (χ3v) is 1.36. The number of halogens is 2. The summed E-state index contributed by atoms with van der Waals surface area (Å²) in [4.78, 5) is 3.45. The first kappa shape index (κ1) is 9.85. The largest absolute Gasteiger partial charge is 0.474 e. The Morgan fingerprint density at radius 2 is 2.31 bits per heavy atom. The molecule has 1 heterocycles. The summed E-state index contributed by atoms with van der Waals surface area (Å²) >= 11 is 0. The minimum atomic E-state index is -0.781. The van der Waals surface area contributed by atoms with Crippen LogP contribution in [0.5, 0.6) is 5.88 Å². The van der Waals surface area contributed by atoms with Crippen molar-refractivity contribution >= 4 is 0 Å². The molecule has 1 aromatic heterocycles. The first-order chi connectivity index (χ1) is 6.24. The molecule has 0 saturated carbocycles. The van der Waals surface area contributed by atoms with E-state index in [4.69, 9.17) is 4.74 Å². The van der Waals surface area contributed by atoms with Crippen LogP contribution in [0.2, 0.25) is 0 Å². The third kappa shape index (κ3) is 2.95. The van der Waals surface area contributed by atoms with Crippen LogP contribution in [0.25, 0.3) is 0 Å². The van der Waals surface area contributed by atoms with E-state index >= 15 is 0 Å². The summed E-state index contributed by atoms with van der Waals surface area (Å²) in [5, 5.41) is 2.82. The summed E-state index contributed by atoms with van der Waals surface area (Å²) < 4.78 is 30.1. The first-order valence-corrected chi connectivity index (χ1v) is 3.82. The molecule has 0 aromatic carbocycles. The van der Waals surface area contributed by atoms with E-state index in [1.54, 1.807) is 7.05 Å². The summed E-state index contributed by atoms with van der Waals surface area (Å²) in [5.74, 6) is -1.66. The molecule has 3 nitrogen and oxygen atoms in total. The van der Waals surface area contributed by atoms with E-state index in [1.807, 2.05) is 0 Å². The molecule has 0 atom stereocenters. The predicted octanol–water partition coefficient (Wildman–Crippen LogP) is 0.958. The average Bonchev–Trinajstić information content (AvgIpc) is 2.09. The average molecular weight is 188 g/mol. The number of likely N-dealkylation sites (N-methyl/N-ethyl adjacent to an activating group) is 1. The van der Waals surface area contributed by atoms with Gasteiger partial charge in [0.2, 0.25) is 0 Å². The molecule has 72 valence electrons. The number of aromatic nitrogens is 1. The summed E-state index contributed by atoms with van der Waals surface area (Å²) in [6.07, 6.45) is 0.914. The second-order valence-electron chi connectivity index (χ2n) is 2.39. The minimum Gasteiger partial charge on any atom is -0.474 e. The number of pyridine rings is 1. The fraction of sp³-hybridized carbons (Fsp3) is 0.375. The van der Waals surface area contributed by atoms with Crippen LogP contribution in [0.15, 0.2) is 12.3 Å². The fourth-order valence-electron chi connectivity index (χ4n) is 0.758. The molecule has 0 saturated heterocycles. The Hall–Kier alpha value is -1.23. The molecule has 0 unspecified atom stereocenters. The van der Waals surface area contributed by atoms with Crippen molar-refractivity contribution in [1.82, 2.24) is 10.3 Å². The molecule has 1 N–H and O–H groups in total. The van der Waals surface area contributed by atoms with Gasteiger partial charge in [-0.25, -0.2) is 13.8 Å². The molecule has 1 aromatic rings. The van der Waals surface area contributed by atoms with Gasteiger partial charge in [0.15, 0.2) is 5.82 Å². The van der Waals surface area contributed by atoms with Gasteiger partial charge < -0.3 is 10.1 Å². The van der Waals surface area contributed by atoms with Crippen LogP contribution >= 0.6 is 0 Å². The van der Waals surface area contributed by atoms with Crippen LogP contribution < -0.4 is 10.1 Å². The Bertz CT molecular complexity index is 281. The van der Waals surface area contributed by atoms with Crippen molar-refractivity contribution in [3.8, 4) is 5.88 Å². The zero-order valence-electron chi connectivity index (χ0n) is 7.18. The van der Waals surface area contributed by atoms with Gasteiger partial charge in [0.25, 0.3) is 5.88 Å². The van der Waals surface area contributed by atoms with Crippen LogP contribution in [-0.2, 0) is 0 Å². The number of nitrogens with zero attached hydrogens (tertiary/aromatic N) is 1. The van der Waals surface area contributed by atoms with Crippen LogP contribution in [0.3, 0.4) is 0 Å². The van der Waals surface area contributed by atoms with E-state index in [2.05, 4.69) is 10.3 Å². The zero-order chi connectivity index (χ0) is 9.68. The summed E-state index contributed by atoms with van der Waals surface area (Å²) in [5.41, 5.74) is 0. The lowest BCUT2D eigenvalue weighted by molar-refractivity contribution is 0.288. The Morgan fingerprint density at radius 3 is 2.92 bits per heavy atom. The van der Waals surface area contributed by atoms with Crippen molar-refractivity contribution < 1.29 is 13.5 Å². The van der Waals surface area contributed by atoms with E-state index in [0.29, 0.717) is 13.2 Å². The van der Waals surface area contributed by atoms with Crippen molar-refractivity contribution in [1.29, 1.82) is 0 Å². The molecular formula is C8H10F2N2O. The van der Waals surface area contributed by atoms with Crippen molar-refractivity contribution in [2.75, 3.05) is 20.2 Å². The van der Waals surface area contributed by atoms with Gasteiger partial charge >= 0.3 is 0 Å². The number of hydrogen-bond acceptors (Lipinski definition) is 3. The lowest BCUT2D eigenvalue weighted by Crippen LogP contribution is -2.16. The van der Waals surface area contributed by atoms with Crippen molar-refractivity contribution in [3.63, 3.8) is 0 Å². The van der Waals surface area contributed by atoms with Crippen LogP contribution in [0, 0.1) is 11.6 Å². The highest BCUT2D eigenvalue weighted by atomic mass is 19.1. The van der Waals surface area contributed by atoms with Gasteiger partial charge in [0.1, 0.15) is 12.4 Å². The SMILES string of the molecule is CNCCOc1ncc(F)cc1F. The molecule has 0 aliphatic heterocycles. The highest BCUT2D eigenvalue weighted by Crippen LogP contribution is 2.12. The molecule has 0 amide bonds. The molecule has 0 spiro atoms. The molecule has 1 rings (SSSR count). The second kappa shape index (κ2) is 4.71. The molecule has 0 fully saturated rings. The molecule has 5 heteroatoms. The van der Waals surface area contributed by atoms with Gasteiger partial charge in [-0.15, -0.1) is 0 Å². The maximum atomic E-state index is 12.8. The standard InChI is InChI=1S/C8H10F2N2O/c1-11-2-3-13-8-7(10)4-6(9)5-12-8/h4-5,11H,2-3H2,1H3. The lowest BCUT2D eigenvalue weighted by atomic mass is 10.4. The molecule has 0 radical (unpaired) electrons. The molecule has 0 bridgehead atoms. The second-order valence-corrected chi connectivity index (χ2v) is 2.39. The Labute approximate surface area is 74.7 Å². The first-order valence-electron chi connectivity index (χ1n) is 3.82. The summed E-state index contributed by atoms with van der Waals surface area (Å²) in [7, 11) is 1.75. The minimum absolute atomic E-state index is 0.170. The van der Waals surface area contributed by atoms with E-state index in [9.17, 15) is 8.78 Å². The lowest BCUT2D eigenvalue weighted by Gasteiger charge is -2.04. The third-order valence-electron chi connectivity index (χ3n) is 1.36. The van der Waals surface area contributed by atoms with Crippen molar-refractivity contribution in [2.24, 2.45) is 0 Å². The van der Waals surface area contributed by atoms with Gasteiger partial charge in [0, 0.05) is 12.6 Å². The monoisotopic (exact) mass is 188 g/mol.